The smallest absolute Gasteiger partial charge is 0.233 e. The lowest BCUT2D eigenvalue weighted by Crippen LogP contribution is -2.04. The molecule has 3 N–H and O–H groups in total. The Morgan fingerprint density at radius 1 is 1.26 bits per heavy atom. The number of nitrogens with one attached hydrogen (secondary N) is 1. The Morgan fingerprint density at radius 2 is 2.00 bits per heavy atom. The molecule has 98 valence electrons. The molecule has 0 amide bonds. The Balaban J connectivity index is 2.17. The van der Waals surface area contributed by atoms with E-state index in [2.05, 4.69) is 26.8 Å². The first-order chi connectivity index (χ1) is 9.17. The van der Waals surface area contributed by atoms with E-state index in [4.69, 9.17) is 5.73 Å². The molecule has 0 bridgehead atoms. The molecule has 0 saturated carbocycles. The number of nitrogen functional groups attached to an aromatic ring is 1. The molecule has 0 atom stereocenters. The van der Waals surface area contributed by atoms with Gasteiger partial charge in [-0.15, -0.1) is 6.58 Å². The van der Waals surface area contributed by atoms with Crippen molar-refractivity contribution in [3.05, 3.63) is 42.5 Å². The number of aromatic nitrogens is 3. The predicted octanol–water partition coefficient (Wildman–Crippen LogP) is 2.78. The summed E-state index contributed by atoms with van der Waals surface area (Å²) >= 11 is 1.46. The minimum Gasteiger partial charge on any atom is -0.368 e. The van der Waals surface area contributed by atoms with Crippen molar-refractivity contribution in [1.82, 2.24) is 15.0 Å². The lowest BCUT2D eigenvalue weighted by atomic mass is 10.2. The van der Waals surface area contributed by atoms with E-state index in [9.17, 15) is 0 Å². The van der Waals surface area contributed by atoms with Gasteiger partial charge in [-0.3, -0.25) is 0 Å². The zero-order valence-corrected chi connectivity index (χ0v) is 11.4. The van der Waals surface area contributed by atoms with Gasteiger partial charge in [-0.1, -0.05) is 35.5 Å². The molecule has 2 rings (SSSR count). The Kier molecular flexibility index (Phi) is 4.35. The van der Waals surface area contributed by atoms with Crippen molar-refractivity contribution in [3.63, 3.8) is 0 Å². The Morgan fingerprint density at radius 3 is 2.68 bits per heavy atom. The number of nitrogens with zero attached hydrogens (tertiary/aromatic N) is 3. The summed E-state index contributed by atoms with van der Waals surface area (Å²) in [5, 5.41) is 3.69. The zero-order chi connectivity index (χ0) is 13.7. The van der Waals surface area contributed by atoms with E-state index < -0.39 is 0 Å². The summed E-state index contributed by atoms with van der Waals surface area (Å²) in [4.78, 5) is 12.4. The molecule has 2 aromatic rings. The molecule has 0 spiro atoms. The van der Waals surface area contributed by atoms with Gasteiger partial charge in [-0.2, -0.15) is 15.0 Å². The minimum absolute atomic E-state index is 0.205. The maximum atomic E-state index is 5.67. The summed E-state index contributed by atoms with van der Waals surface area (Å²) in [6, 6.07) is 7.96. The maximum absolute atomic E-state index is 5.67. The lowest BCUT2D eigenvalue weighted by molar-refractivity contribution is 0.926. The quantitative estimate of drug-likeness (QED) is 0.644. The van der Waals surface area contributed by atoms with E-state index in [1.54, 1.807) is 6.08 Å². The van der Waals surface area contributed by atoms with E-state index in [1.807, 2.05) is 31.2 Å². The monoisotopic (exact) mass is 273 g/mol. The van der Waals surface area contributed by atoms with Crippen LogP contribution in [-0.4, -0.2) is 20.7 Å². The third kappa shape index (κ3) is 3.96. The highest BCUT2D eigenvalue weighted by Crippen LogP contribution is 2.18. The number of rotatable bonds is 5. The zero-order valence-electron chi connectivity index (χ0n) is 10.6. The molecule has 0 saturated heterocycles. The Labute approximate surface area is 116 Å². The van der Waals surface area contributed by atoms with Crippen LogP contribution in [0.1, 0.15) is 5.56 Å². The number of aryl methyl sites for hydroxylation is 1. The second kappa shape index (κ2) is 6.19. The number of benzene rings is 1. The first kappa shape index (κ1) is 13.4. The summed E-state index contributed by atoms with van der Waals surface area (Å²) in [5.74, 6) is 1.38. The topological polar surface area (TPSA) is 76.7 Å². The van der Waals surface area contributed by atoms with Gasteiger partial charge in [-0.25, -0.2) is 0 Å². The number of hydrogen-bond acceptors (Lipinski definition) is 6. The molecule has 0 aliphatic carbocycles. The largest absolute Gasteiger partial charge is 0.368 e. The van der Waals surface area contributed by atoms with Crippen LogP contribution in [0, 0.1) is 6.92 Å². The van der Waals surface area contributed by atoms with Gasteiger partial charge in [0, 0.05) is 11.4 Å². The van der Waals surface area contributed by atoms with Gasteiger partial charge < -0.3 is 11.1 Å². The molecule has 1 heterocycles. The summed E-state index contributed by atoms with van der Waals surface area (Å²) in [5.41, 5.74) is 7.78. The fourth-order valence-corrected chi connectivity index (χ4v) is 1.97. The molecular formula is C13H15N5S. The number of hydrogen-bond donors (Lipinski definition) is 2. The molecule has 1 aromatic carbocycles. The highest BCUT2D eigenvalue weighted by molar-refractivity contribution is 7.99. The first-order valence-electron chi connectivity index (χ1n) is 5.76. The van der Waals surface area contributed by atoms with Crippen LogP contribution in [0.15, 0.2) is 42.1 Å². The molecular weight excluding hydrogens is 258 g/mol. The number of thioether (sulfide) groups is 1. The van der Waals surface area contributed by atoms with Gasteiger partial charge in [0.2, 0.25) is 11.9 Å². The summed E-state index contributed by atoms with van der Waals surface area (Å²) in [6.45, 7) is 5.69. The van der Waals surface area contributed by atoms with Crippen LogP contribution in [0.5, 0.6) is 0 Å². The molecule has 1 aromatic heterocycles. The Hall–Kier alpha value is -2.08. The Bertz CT molecular complexity index is 568. The molecule has 19 heavy (non-hydrogen) atoms. The van der Waals surface area contributed by atoms with Crippen molar-refractivity contribution in [1.29, 1.82) is 0 Å². The van der Waals surface area contributed by atoms with E-state index in [1.165, 1.54) is 17.3 Å². The lowest BCUT2D eigenvalue weighted by Gasteiger charge is -2.06. The van der Waals surface area contributed by atoms with Gasteiger partial charge in [0.25, 0.3) is 0 Å². The number of nitrogens with two attached hydrogens (primary N) is 1. The van der Waals surface area contributed by atoms with E-state index in [0.29, 0.717) is 11.1 Å². The van der Waals surface area contributed by atoms with Crippen LogP contribution in [0.25, 0.3) is 0 Å². The van der Waals surface area contributed by atoms with Crippen molar-refractivity contribution in [3.8, 4) is 0 Å². The summed E-state index contributed by atoms with van der Waals surface area (Å²) in [7, 11) is 0. The van der Waals surface area contributed by atoms with Gasteiger partial charge in [0.15, 0.2) is 5.16 Å². The minimum atomic E-state index is 0.205. The van der Waals surface area contributed by atoms with Crippen LogP contribution in [0.3, 0.4) is 0 Å². The van der Waals surface area contributed by atoms with Crippen LogP contribution in [-0.2, 0) is 0 Å². The van der Waals surface area contributed by atoms with Crippen molar-refractivity contribution in [2.75, 3.05) is 16.8 Å². The molecule has 0 aliphatic rings. The standard InChI is InChI=1S/C13H15N5S/c1-3-8-19-13-17-11(14)16-12(18-13)15-10-6-4-9(2)5-7-10/h3-7H,1,8H2,2H3,(H3,14,15,16,17,18). The van der Waals surface area contributed by atoms with Gasteiger partial charge in [0.1, 0.15) is 0 Å². The van der Waals surface area contributed by atoms with Crippen molar-refractivity contribution in [2.45, 2.75) is 12.1 Å². The van der Waals surface area contributed by atoms with Crippen LogP contribution in [0.2, 0.25) is 0 Å². The molecule has 5 nitrogen and oxygen atoms in total. The van der Waals surface area contributed by atoms with E-state index >= 15 is 0 Å². The highest BCUT2D eigenvalue weighted by Gasteiger charge is 2.04. The van der Waals surface area contributed by atoms with Crippen LogP contribution in [0.4, 0.5) is 17.6 Å². The fraction of sp³-hybridized carbons (Fsp3) is 0.154. The normalized spacial score (nSPS) is 10.2. The average Bonchev–Trinajstić information content (AvgIpc) is 2.38. The van der Waals surface area contributed by atoms with Gasteiger partial charge in [-0.05, 0) is 19.1 Å². The second-order valence-corrected chi connectivity index (χ2v) is 4.88. The summed E-state index contributed by atoms with van der Waals surface area (Å²) < 4.78 is 0. The SMILES string of the molecule is C=CCSc1nc(N)nc(Nc2ccc(C)cc2)n1. The number of anilines is 3. The maximum Gasteiger partial charge on any atom is 0.233 e. The third-order valence-electron chi connectivity index (χ3n) is 2.27. The van der Waals surface area contributed by atoms with Crippen LogP contribution >= 0.6 is 11.8 Å². The molecule has 6 heteroatoms. The van der Waals surface area contributed by atoms with Crippen molar-refractivity contribution >= 4 is 29.3 Å². The fourth-order valence-electron chi connectivity index (χ4n) is 1.39. The molecule has 0 radical (unpaired) electrons. The molecule has 0 unspecified atom stereocenters. The van der Waals surface area contributed by atoms with Crippen molar-refractivity contribution in [2.24, 2.45) is 0 Å². The van der Waals surface area contributed by atoms with E-state index in [-0.39, 0.29) is 5.95 Å². The summed E-state index contributed by atoms with van der Waals surface area (Å²) in [6.07, 6.45) is 1.79. The van der Waals surface area contributed by atoms with Gasteiger partial charge >= 0.3 is 0 Å². The van der Waals surface area contributed by atoms with Gasteiger partial charge in [0.05, 0.1) is 0 Å². The third-order valence-corrected chi connectivity index (χ3v) is 3.11. The highest BCUT2D eigenvalue weighted by atomic mass is 32.2. The predicted molar refractivity (Wildman–Crippen MR) is 79.6 cm³/mol. The first-order valence-corrected chi connectivity index (χ1v) is 6.75. The van der Waals surface area contributed by atoms with Crippen LogP contribution < -0.4 is 11.1 Å². The molecule has 0 fully saturated rings. The second-order valence-electron chi connectivity index (χ2n) is 3.89. The average molecular weight is 273 g/mol. The molecule has 0 aliphatic heterocycles. The van der Waals surface area contributed by atoms with Crippen molar-refractivity contribution < 1.29 is 0 Å². The van der Waals surface area contributed by atoms with E-state index in [0.717, 1.165) is 11.4 Å².